The minimum Gasteiger partial charge on any atom is -0.326 e. The normalized spacial score (nSPS) is 11.8. The molecular weight excluding hydrogens is 324 g/mol. The van der Waals surface area contributed by atoms with Crippen LogP contribution in [-0.2, 0) is 4.79 Å². The van der Waals surface area contributed by atoms with Gasteiger partial charge in [-0.05, 0) is 48.3 Å². The zero-order valence-corrected chi connectivity index (χ0v) is 12.9. The van der Waals surface area contributed by atoms with Gasteiger partial charge in [0.05, 0.1) is 16.7 Å². The molecule has 0 saturated carbocycles. The fraction of sp³-hybridized carbons (Fsp3) is 0.385. The van der Waals surface area contributed by atoms with E-state index in [0.717, 1.165) is 0 Å². The van der Waals surface area contributed by atoms with Gasteiger partial charge in [-0.3, -0.25) is 4.79 Å². The molecule has 0 atom stereocenters. The van der Waals surface area contributed by atoms with Gasteiger partial charge in [-0.25, -0.2) is 4.79 Å². The topological polar surface area (TPSA) is 104 Å². The maximum Gasteiger partial charge on any atom is 0.323 e. The van der Waals surface area contributed by atoms with E-state index in [1.807, 2.05) is 13.8 Å². The van der Waals surface area contributed by atoms with Crippen molar-refractivity contribution < 1.29 is 4.79 Å². The molecule has 5 N–H and O–H groups in total. The molecule has 6 nitrogen and oxygen atoms in total. The molecule has 0 spiro atoms. The van der Waals surface area contributed by atoms with E-state index in [9.17, 15) is 9.59 Å². The van der Waals surface area contributed by atoms with Crippen LogP contribution < -0.4 is 16.7 Å². The molecule has 0 aliphatic carbocycles. The van der Waals surface area contributed by atoms with Crippen LogP contribution in [-0.4, -0.2) is 21.4 Å². The van der Waals surface area contributed by atoms with Crippen LogP contribution in [0.15, 0.2) is 21.4 Å². The van der Waals surface area contributed by atoms with E-state index in [1.165, 1.54) is 0 Å². The van der Waals surface area contributed by atoms with Crippen molar-refractivity contribution in [1.82, 2.24) is 9.97 Å². The third-order valence-electron chi connectivity index (χ3n) is 2.87. The van der Waals surface area contributed by atoms with E-state index in [0.29, 0.717) is 34.0 Å². The van der Waals surface area contributed by atoms with Gasteiger partial charge in [0.1, 0.15) is 0 Å². The Bertz CT molecular complexity index is 696. The Morgan fingerprint density at radius 3 is 2.55 bits per heavy atom. The molecule has 0 radical (unpaired) electrons. The Balaban J connectivity index is 2.14. The molecule has 2 aromatic rings. The number of nitrogens with one attached hydrogen (secondary N) is 3. The number of amides is 1. The van der Waals surface area contributed by atoms with E-state index >= 15 is 0 Å². The molecule has 1 aromatic carbocycles. The SMILES string of the molecule is CC(C)(N)CCC(=O)Nc1cc2[nH]c(=O)[nH]c2cc1Br. The van der Waals surface area contributed by atoms with E-state index < -0.39 is 0 Å². The smallest absolute Gasteiger partial charge is 0.323 e. The van der Waals surface area contributed by atoms with Crippen molar-refractivity contribution in [2.75, 3.05) is 5.32 Å². The number of nitrogens with two attached hydrogens (primary N) is 1. The van der Waals surface area contributed by atoms with Gasteiger partial charge in [0.2, 0.25) is 5.91 Å². The number of H-pyrrole nitrogens is 2. The molecule has 0 bridgehead atoms. The molecule has 108 valence electrons. The highest BCUT2D eigenvalue weighted by molar-refractivity contribution is 9.10. The van der Waals surface area contributed by atoms with Gasteiger partial charge in [0.15, 0.2) is 0 Å². The summed E-state index contributed by atoms with van der Waals surface area (Å²) < 4.78 is 0.709. The number of halogens is 1. The average molecular weight is 341 g/mol. The first-order chi connectivity index (χ1) is 9.24. The summed E-state index contributed by atoms with van der Waals surface area (Å²) in [6, 6.07) is 3.46. The van der Waals surface area contributed by atoms with Gasteiger partial charge in [0, 0.05) is 16.4 Å². The molecule has 20 heavy (non-hydrogen) atoms. The number of imidazole rings is 1. The third-order valence-corrected chi connectivity index (χ3v) is 3.53. The number of aromatic amines is 2. The molecule has 0 saturated heterocycles. The maximum atomic E-state index is 11.9. The lowest BCUT2D eigenvalue weighted by atomic mass is 10.00. The molecule has 1 aromatic heterocycles. The first-order valence-corrected chi connectivity index (χ1v) is 7.04. The molecule has 0 unspecified atom stereocenters. The summed E-state index contributed by atoms with van der Waals surface area (Å²) in [6.07, 6.45) is 0.942. The number of hydrogen-bond donors (Lipinski definition) is 4. The fourth-order valence-corrected chi connectivity index (χ4v) is 2.24. The molecule has 0 aliphatic heterocycles. The van der Waals surface area contributed by atoms with Crippen LogP contribution in [0.4, 0.5) is 5.69 Å². The second-order valence-corrected chi connectivity index (χ2v) is 6.35. The van der Waals surface area contributed by atoms with Crippen LogP contribution in [0.25, 0.3) is 11.0 Å². The van der Waals surface area contributed by atoms with Crippen LogP contribution >= 0.6 is 15.9 Å². The lowest BCUT2D eigenvalue weighted by Gasteiger charge is -2.17. The summed E-state index contributed by atoms with van der Waals surface area (Å²) in [5.74, 6) is -0.110. The van der Waals surface area contributed by atoms with Gasteiger partial charge < -0.3 is 21.0 Å². The van der Waals surface area contributed by atoms with E-state index in [4.69, 9.17) is 5.73 Å². The number of anilines is 1. The summed E-state index contributed by atoms with van der Waals surface area (Å²) in [4.78, 5) is 28.4. The van der Waals surface area contributed by atoms with Crippen LogP contribution in [0.2, 0.25) is 0 Å². The maximum absolute atomic E-state index is 11.9. The summed E-state index contributed by atoms with van der Waals surface area (Å²) in [6.45, 7) is 3.76. The van der Waals surface area contributed by atoms with Crippen LogP contribution in [0.5, 0.6) is 0 Å². The Labute approximate surface area is 124 Å². The lowest BCUT2D eigenvalue weighted by molar-refractivity contribution is -0.116. The lowest BCUT2D eigenvalue weighted by Crippen LogP contribution is -2.33. The quantitative estimate of drug-likeness (QED) is 0.684. The van der Waals surface area contributed by atoms with E-state index in [2.05, 4.69) is 31.2 Å². The standard InChI is InChI=1S/C13H17BrN4O2/c1-13(2,15)4-3-11(19)16-8-6-10-9(5-7(8)14)17-12(20)18-10/h5-6H,3-4,15H2,1-2H3,(H,16,19)(H2,17,18,20). The largest absolute Gasteiger partial charge is 0.326 e. The first-order valence-electron chi connectivity index (χ1n) is 6.25. The van der Waals surface area contributed by atoms with Gasteiger partial charge in [-0.1, -0.05) is 0 Å². The molecule has 2 rings (SSSR count). The van der Waals surface area contributed by atoms with Crippen molar-refractivity contribution in [2.24, 2.45) is 5.73 Å². The highest BCUT2D eigenvalue weighted by atomic mass is 79.9. The Hall–Kier alpha value is -1.60. The average Bonchev–Trinajstić information content (AvgIpc) is 2.65. The Morgan fingerprint density at radius 1 is 1.35 bits per heavy atom. The highest BCUT2D eigenvalue weighted by Crippen LogP contribution is 2.26. The van der Waals surface area contributed by atoms with Crippen LogP contribution in [0.3, 0.4) is 0 Å². The second kappa shape index (κ2) is 5.41. The van der Waals surface area contributed by atoms with Crippen molar-refractivity contribution in [2.45, 2.75) is 32.2 Å². The van der Waals surface area contributed by atoms with Crippen molar-refractivity contribution in [1.29, 1.82) is 0 Å². The summed E-state index contributed by atoms with van der Waals surface area (Å²) >= 11 is 3.37. The minimum absolute atomic E-state index is 0.110. The summed E-state index contributed by atoms with van der Waals surface area (Å²) in [7, 11) is 0. The molecular formula is C13H17BrN4O2. The van der Waals surface area contributed by atoms with Gasteiger partial charge in [-0.2, -0.15) is 0 Å². The van der Waals surface area contributed by atoms with E-state index in [1.54, 1.807) is 12.1 Å². The third kappa shape index (κ3) is 3.71. The zero-order valence-electron chi connectivity index (χ0n) is 11.3. The zero-order chi connectivity index (χ0) is 14.9. The van der Waals surface area contributed by atoms with Gasteiger partial charge >= 0.3 is 5.69 Å². The number of hydrogen-bond acceptors (Lipinski definition) is 3. The molecule has 1 amide bonds. The molecule has 1 heterocycles. The van der Waals surface area contributed by atoms with Crippen molar-refractivity contribution >= 4 is 38.6 Å². The van der Waals surface area contributed by atoms with Crippen molar-refractivity contribution in [3.8, 4) is 0 Å². The number of aromatic nitrogens is 2. The Kier molecular flexibility index (Phi) is 4.01. The molecule has 7 heteroatoms. The second-order valence-electron chi connectivity index (χ2n) is 5.49. The number of fused-ring (bicyclic) bond motifs is 1. The van der Waals surface area contributed by atoms with Crippen LogP contribution in [0, 0.1) is 0 Å². The van der Waals surface area contributed by atoms with Crippen molar-refractivity contribution in [3.05, 3.63) is 27.1 Å². The first kappa shape index (κ1) is 14.8. The predicted octanol–water partition coefficient (Wildman–Crippen LogP) is 2.07. The minimum atomic E-state index is -0.371. The monoisotopic (exact) mass is 340 g/mol. The van der Waals surface area contributed by atoms with Crippen LogP contribution in [0.1, 0.15) is 26.7 Å². The number of carbonyl (C=O) groups is 1. The summed E-state index contributed by atoms with van der Waals surface area (Å²) in [5.41, 5.74) is 7.15. The van der Waals surface area contributed by atoms with Gasteiger partial charge in [0.25, 0.3) is 0 Å². The predicted molar refractivity (Wildman–Crippen MR) is 82.7 cm³/mol. The van der Waals surface area contributed by atoms with Crippen molar-refractivity contribution in [3.63, 3.8) is 0 Å². The number of benzene rings is 1. The Morgan fingerprint density at radius 2 is 1.95 bits per heavy atom. The number of rotatable bonds is 4. The highest BCUT2D eigenvalue weighted by Gasteiger charge is 2.14. The molecule has 0 fully saturated rings. The number of carbonyl (C=O) groups excluding carboxylic acids is 1. The van der Waals surface area contributed by atoms with Gasteiger partial charge in [-0.15, -0.1) is 0 Å². The van der Waals surface area contributed by atoms with E-state index in [-0.39, 0.29) is 17.1 Å². The summed E-state index contributed by atoms with van der Waals surface area (Å²) in [5, 5.41) is 2.81. The fourth-order valence-electron chi connectivity index (χ4n) is 1.80. The molecule has 0 aliphatic rings.